The molecule has 0 saturated carbocycles. The van der Waals surface area contributed by atoms with Gasteiger partial charge in [0.05, 0.1) is 11.4 Å². The van der Waals surface area contributed by atoms with Crippen LogP contribution in [0.5, 0.6) is 0 Å². The maximum atomic E-state index is 14.0. The topological polar surface area (TPSA) is 58.1 Å². The van der Waals surface area contributed by atoms with Crippen LogP contribution in [0.4, 0.5) is 11.5 Å². The van der Waals surface area contributed by atoms with Crippen LogP contribution in [0.2, 0.25) is 0 Å². The van der Waals surface area contributed by atoms with E-state index in [0.717, 1.165) is 38.5 Å². The molecule has 1 aliphatic heterocycles. The standard InChI is InChI=1S/C30H25ClN4OS/c1-19(34-27-25-22(20-10-5-3-6-11-20)17-37-28(25)33-18-32-27)24-16-30(2)15-9-14-23(31)26(30)29(36)35(24)21-12-7-4-8-13-21/h3-14,16-19H,15H2,1-2H3,(H,32,33,34)/t19-,30?/m0/s1. The van der Waals surface area contributed by atoms with Gasteiger partial charge in [0.15, 0.2) is 0 Å². The van der Waals surface area contributed by atoms with Crippen molar-refractivity contribution in [2.45, 2.75) is 26.3 Å². The molecule has 2 aromatic carbocycles. The van der Waals surface area contributed by atoms with Crippen molar-refractivity contribution in [1.82, 2.24) is 9.97 Å². The number of nitrogens with zero attached hydrogens (tertiary/aromatic N) is 3. The van der Waals surface area contributed by atoms with Gasteiger partial charge in [0.25, 0.3) is 5.91 Å². The Hall–Kier alpha value is -3.74. The third kappa shape index (κ3) is 4.06. The zero-order valence-electron chi connectivity index (χ0n) is 20.5. The monoisotopic (exact) mass is 524 g/mol. The Bertz CT molecular complexity index is 1590. The van der Waals surface area contributed by atoms with Crippen LogP contribution in [0.15, 0.2) is 107 Å². The van der Waals surface area contributed by atoms with Crippen LogP contribution < -0.4 is 10.2 Å². The Kier molecular flexibility index (Phi) is 5.94. The number of fused-ring (bicyclic) bond motifs is 2. The maximum absolute atomic E-state index is 14.0. The van der Waals surface area contributed by atoms with Gasteiger partial charge in [-0.15, -0.1) is 11.3 Å². The fourth-order valence-corrected chi connectivity index (χ4v) is 6.52. The summed E-state index contributed by atoms with van der Waals surface area (Å²) in [5.41, 5.74) is 4.01. The summed E-state index contributed by atoms with van der Waals surface area (Å²) in [6.07, 6.45) is 8.36. The number of carbonyl (C=O) groups excluding carboxylic acids is 1. The number of carbonyl (C=O) groups is 1. The number of amides is 1. The van der Waals surface area contributed by atoms with Crippen molar-refractivity contribution >= 4 is 50.6 Å². The highest BCUT2D eigenvalue weighted by Gasteiger charge is 2.44. The van der Waals surface area contributed by atoms with E-state index >= 15 is 0 Å². The molecule has 4 aromatic rings. The highest BCUT2D eigenvalue weighted by Crippen LogP contribution is 2.47. The molecule has 0 fully saturated rings. The van der Waals surface area contributed by atoms with Gasteiger partial charge in [-0.05, 0) is 37.1 Å². The predicted molar refractivity (Wildman–Crippen MR) is 153 cm³/mol. The fourth-order valence-electron chi connectivity index (χ4n) is 5.22. The number of allylic oxidation sites excluding steroid dienone is 4. The molecule has 0 radical (unpaired) electrons. The first-order valence-electron chi connectivity index (χ1n) is 12.2. The van der Waals surface area contributed by atoms with E-state index in [2.05, 4.69) is 52.7 Å². The van der Waals surface area contributed by atoms with Crippen molar-refractivity contribution in [3.05, 3.63) is 107 Å². The second-order valence-electron chi connectivity index (χ2n) is 9.58. The number of rotatable bonds is 5. The Balaban J connectivity index is 1.46. The molecule has 1 aliphatic carbocycles. The number of para-hydroxylation sites is 1. The van der Waals surface area contributed by atoms with Gasteiger partial charge in [-0.1, -0.05) is 79.2 Å². The van der Waals surface area contributed by atoms with Gasteiger partial charge in [0.2, 0.25) is 0 Å². The van der Waals surface area contributed by atoms with E-state index in [0.29, 0.717) is 17.0 Å². The summed E-state index contributed by atoms with van der Waals surface area (Å²) in [6.45, 7) is 4.15. The van der Waals surface area contributed by atoms with Crippen LogP contribution in [0.25, 0.3) is 21.3 Å². The number of anilines is 2. The highest BCUT2D eigenvalue weighted by molar-refractivity contribution is 7.17. The molecule has 6 rings (SSSR count). The SMILES string of the molecule is C[C@H](Nc1ncnc2scc(-c3ccccc3)c12)C1=CC2(C)CC=CC(Cl)=C2C(=O)N1c1ccccc1. The molecule has 1 unspecified atom stereocenters. The molecule has 0 spiro atoms. The van der Waals surface area contributed by atoms with Crippen molar-refractivity contribution < 1.29 is 4.79 Å². The number of hydrogen-bond acceptors (Lipinski definition) is 5. The summed E-state index contributed by atoms with van der Waals surface area (Å²) in [4.78, 5) is 25.9. The second kappa shape index (κ2) is 9.29. The van der Waals surface area contributed by atoms with Gasteiger partial charge in [0.1, 0.15) is 17.0 Å². The van der Waals surface area contributed by atoms with Crippen LogP contribution in [0, 0.1) is 5.41 Å². The number of benzene rings is 2. The van der Waals surface area contributed by atoms with E-state index < -0.39 is 5.41 Å². The molecule has 7 heteroatoms. The Morgan fingerprint density at radius 3 is 2.57 bits per heavy atom. The van der Waals surface area contributed by atoms with Gasteiger partial charge in [-0.3, -0.25) is 9.69 Å². The molecule has 1 N–H and O–H groups in total. The molecular weight excluding hydrogens is 500 g/mol. The Labute approximate surface area is 224 Å². The first-order valence-corrected chi connectivity index (χ1v) is 13.5. The molecule has 2 aromatic heterocycles. The molecule has 3 heterocycles. The average Bonchev–Trinajstić information content (AvgIpc) is 3.34. The molecule has 1 amide bonds. The molecule has 184 valence electrons. The van der Waals surface area contributed by atoms with Crippen LogP contribution in [0.1, 0.15) is 20.3 Å². The summed E-state index contributed by atoms with van der Waals surface area (Å²) in [5, 5.41) is 7.23. The minimum Gasteiger partial charge on any atom is -0.361 e. The molecule has 2 atom stereocenters. The van der Waals surface area contributed by atoms with Crippen LogP contribution in [0.3, 0.4) is 0 Å². The lowest BCUT2D eigenvalue weighted by Crippen LogP contribution is -2.46. The maximum Gasteiger partial charge on any atom is 0.260 e. The number of thiophene rings is 1. The quantitative estimate of drug-likeness (QED) is 0.293. The van der Waals surface area contributed by atoms with E-state index in [1.165, 1.54) is 0 Å². The normalized spacial score (nSPS) is 20.1. The second-order valence-corrected chi connectivity index (χ2v) is 10.8. The van der Waals surface area contributed by atoms with Crippen LogP contribution in [-0.4, -0.2) is 21.9 Å². The van der Waals surface area contributed by atoms with Gasteiger partial charge in [-0.25, -0.2) is 9.97 Å². The van der Waals surface area contributed by atoms with Crippen molar-refractivity contribution in [2.24, 2.45) is 5.41 Å². The highest BCUT2D eigenvalue weighted by atomic mass is 35.5. The third-order valence-corrected chi connectivity index (χ3v) is 8.23. The number of nitrogens with one attached hydrogen (secondary N) is 1. The first kappa shape index (κ1) is 23.6. The lowest BCUT2D eigenvalue weighted by Gasteiger charge is -2.42. The van der Waals surface area contributed by atoms with E-state index in [1.807, 2.05) is 60.7 Å². The van der Waals surface area contributed by atoms with Crippen LogP contribution in [-0.2, 0) is 4.79 Å². The molecule has 37 heavy (non-hydrogen) atoms. The smallest absolute Gasteiger partial charge is 0.260 e. The number of aromatic nitrogens is 2. The van der Waals surface area contributed by atoms with E-state index in [1.54, 1.807) is 22.6 Å². The number of halogens is 1. The number of hydrogen-bond donors (Lipinski definition) is 1. The van der Waals surface area contributed by atoms with Crippen LogP contribution >= 0.6 is 22.9 Å². The summed E-state index contributed by atoms with van der Waals surface area (Å²) in [6, 6.07) is 19.8. The van der Waals surface area contributed by atoms with Crippen molar-refractivity contribution in [3.63, 3.8) is 0 Å². The minimum atomic E-state index is -0.488. The van der Waals surface area contributed by atoms with Gasteiger partial charge < -0.3 is 5.32 Å². The lowest BCUT2D eigenvalue weighted by atomic mass is 9.72. The molecule has 0 bridgehead atoms. The average molecular weight is 525 g/mol. The fraction of sp³-hybridized carbons (Fsp3) is 0.167. The first-order chi connectivity index (χ1) is 18.0. The van der Waals surface area contributed by atoms with Crippen molar-refractivity contribution in [3.8, 4) is 11.1 Å². The molecule has 0 saturated heterocycles. The van der Waals surface area contributed by atoms with Gasteiger partial charge in [0, 0.05) is 38.3 Å². The van der Waals surface area contributed by atoms with Gasteiger partial charge in [-0.2, -0.15) is 0 Å². The summed E-state index contributed by atoms with van der Waals surface area (Å²) in [7, 11) is 0. The summed E-state index contributed by atoms with van der Waals surface area (Å²) in [5.74, 6) is 0.648. The van der Waals surface area contributed by atoms with Gasteiger partial charge >= 0.3 is 0 Å². The predicted octanol–water partition coefficient (Wildman–Crippen LogP) is 7.55. The minimum absolute atomic E-state index is 0.0949. The third-order valence-electron chi connectivity index (χ3n) is 7.02. The molecule has 2 aliphatic rings. The van der Waals surface area contributed by atoms with Crippen molar-refractivity contribution in [2.75, 3.05) is 10.2 Å². The zero-order valence-corrected chi connectivity index (χ0v) is 22.1. The molecular formula is C30H25ClN4OS. The van der Waals surface area contributed by atoms with E-state index in [4.69, 9.17) is 11.6 Å². The summed E-state index contributed by atoms with van der Waals surface area (Å²) >= 11 is 8.20. The van der Waals surface area contributed by atoms with E-state index in [-0.39, 0.29) is 11.9 Å². The van der Waals surface area contributed by atoms with Crippen molar-refractivity contribution in [1.29, 1.82) is 0 Å². The zero-order chi connectivity index (χ0) is 25.6. The Morgan fingerprint density at radius 2 is 1.81 bits per heavy atom. The largest absolute Gasteiger partial charge is 0.361 e. The summed E-state index contributed by atoms with van der Waals surface area (Å²) < 4.78 is 0. The lowest BCUT2D eigenvalue weighted by molar-refractivity contribution is -0.116. The van der Waals surface area contributed by atoms with E-state index in [9.17, 15) is 4.79 Å². The Morgan fingerprint density at radius 1 is 1.08 bits per heavy atom. The molecule has 5 nitrogen and oxygen atoms in total.